The molecule has 1 aliphatic carbocycles. The molecule has 1 aromatic heterocycles. The Labute approximate surface area is 119 Å². The summed E-state index contributed by atoms with van der Waals surface area (Å²) in [5.74, 6) is 1.90. The van der Waals surface area contributed by atoms with Gasteiger partial charge in [-0.3, -0.25) is 0 Å². The Morgan fingerprint density at radius 3 is 2.65 bits per heavy atom. The molecule has 0 saturated heterocycles. The SMILES string of the molecule is NCCc1ncc(-c2ccc(OC3CCCC3)cc2)[nH]1. The van der Waals surface area contributed by atoms with Crippen LogP contribution in [0.1, 0.15) is 31.5 Å². The predicted octanol–water partition coefficient (Wildman–Crippen LogP) is 2.90. The third kappa shape index (κ3) is 3.02. The van der Waals surface area contributed by atoms with Crippen molar-refractivity contribution in [2.24, 2.45) is 5.73 Å². The Bertz CT molecular complexity index is 541. The molecule has 1 aliphatic rings. The van der Waals surface area contributed by atoms with E-state index in [4.69, 9.17) is 10.5 Å². The van der Waals surface area contributed by atoms with Crippen LogP contribution in [0.25, 0.3) is 11.3 Å². The minimum absolute atomic E-state index is 0.407. The molecule has 0 aliphatic heterocycles. The summed E-state index contributed by atoms with van der Waals surface area (Å²) in [6.07, 6.45) is 8.00. The molecule has 4 nitrogen and oxygen atoms in total. The van der Waals surface area contributed by atoms with E-state index in [1.54, 1.807) is 0 Å². The summed E-state index contributed by atoms with van der Waals surface area (Å²) in [4.78, 5) is 7.61. The molecule has 0 bridgehead atoms. The van der Waals surface area contributed by atoms with Crippen molar-refractivity contribution in [2.75, 3.05) is 6.54 Å². The third-order valence-corrected chi connectivity index (χ3v) is 3.78. The average Bonchev–Trinajstić information content (AvgIpc) is 3.12. The van der Waals surface area contributed by atoms with Crippen LogP contribution in [0.5, 0.6) is 5.75 Å². The minimum atomic E-state index is 0.407. The van der Waals surface area contributed by atoms with Crippen molar-refractivity contribution in [3.63, 3.8) is 0 Å². The van der Waals surface area contributed by atoms with E-state index in [1.165, 1.54) is 25.7 Å². The van der Waals surface area contributed by atoms with E-state index in [2.05, 4.69) is 22.1 Å². The largest absolute Gasteiger partial charge is 0.490 e. The lowest BCUT2D eigenvalue weighted by Crippen LogP contribution is -2.10. The highest BCUT2D eigenvalue weighted by Crippen LogP contribution is 2.26. The van der Waals surface area contributed by atoms with E-state index in [9.17, 15) is 0 Å². The zero-order valence-electron chi connectivity index (χ0n) is 11.6. The number of nitrogens with two attached hydrogens (primary N) is 1. The van der Waals surface area contributed by atoms with Gasteiger partial charge >= 0.3 is 0 Å². The number of rotatable bonds is 5. The van der Waals surface area contributed by atoms with Gasteiger partial charge in [0.25, 0.3) is 0 Å². The molecule has 1 saturated carbocycles. The van der Waals surface area contributed by atoms with Crippen molar-refractivity contribution >= 4 is 0 Å². The highest BCUT2D eigenvalue weighted by atomic mass is 16.5. The van der Waals surface area contributed by atoms with Crippen LogP contribution in [0.15, 0.2) is 30.5 Å². The topological polar surface area (TPSA) is 63.9 Å². The highest BCUT2D eigenvalue weighted by Gasteiger charge is 2.16. The maximum atomic E-state index is 5.97. The Kier molecular flexibility index (Phi) is 4.02. The second-order valence-electron chi connectivity index (χ2n) is 5.33. The van der Waals surface area contributed by atoms with Crippen molar-refractivity contribution in [3.05, 3.63) is 36.3 Å². The van der Waals surface area contributed by atoms with Crippen molar-refractivity contribution < 1.29 is 4.74 Å². The molecule has 0 amide bonds. The smallest absolute Gasteiger partial charge is 0.119 e. The van der Waals surface area contributed by atoms with Crippen LogP contribution < -0.4 is 10.5 Å². The number of hydrogen-bond acceptors (Lipinski definition) is 3. The highest BCUT2D eigenvalue weighted by molar-refractivity contribution is 5.59. The molecule has 0 radical (unpaired) electrons. The molecule has 2 aromatic rings. The zero-order valence-corrected chi connectivity index (χ0v) is 11.6. The maximum absolute atomic E-state index is 5.97. The molecule has 4 heteroatoms. The zero-order chi connectivity index (χ0) is 13.8. The monoisotopic (exact) mass is 271 g/mol. The van der Waals surface area contributed by atoms with E-state index in [0.717, 1.165) is 29.3 Å². The summed E-state index contributed by atoms with van der Waals surface area (Å²) in [6.45, 7) is 0.612. The van der Waals surface area contributed by atoms with Crippen LogP contribution in [0.4, 0.5) is 0 Å². The average molecular weight is 271 g/mol. The predicted molar refractivity (Wildman–Crippen MR) is 79.7 cm³/mol. The Hall–Kier alpha value is -1.81. The second kappa shape index (κ2) is 6.09. The molecule has 20 heavy (non-hydrogen) atoms. The first-order valence-electron chi connectivity index (χ1n) is 7.36. The third-order valence-electron chi connectivity index (χ3n) is 3.78. The first-order chi connectivity index (χ1) is 9.85. The van der Waals surface area contributed by atoms with E-state index in [-0.39, 0.29) is 0 Å². The summed E-state index contributed by atoms with van der Waals surface area (Å²) < 4.78 is 5.97. The molecule has 0 unspecified atom stereocenters. The number of nitrogens with zero attached hydrogens (tertiary/aromatic N) is 1. The standard InChI is InChI=1S/C16H21N3O/c17-10-9-16-18-11-15(19-16)12-5-7-14(8-6-12)20-13-3-1-2-4-13/h5-8,11,13H,1-4,9-10,17H2,(H,18,19). The summed E-state index contributed by atoms with van der Waals surface area (Å²) in [7, 11) is 0. The molecule has 0 atom stereocenters. The van der Waals surface area contributed by atoms with Gasteiger partial charge in [-0.2, -0.15) is 0 Å². The summed E-state index contributed by atoms with van der Waals surface area (Å²) in [6, 6.07) is 8.22. The van der Waals surface area contributed by atoms with Crippen molar-refractivity contribution in [3.8, 4) is 17.0 Å². The van der Waals surface area contributed by atoms with E-state index in [0.29, 0.717) is 12.6 Å². The molecule has 106 valence electrons. The first kappa shape index (κ1) is 13.2. The van der Waals surface area contributed by atoms with Crippen LogP contribution in [-0.2, 0) is 6.42 Å². The summed E-state index contributed by atoms with van der Waals surface area (Å²) in [5, 5.41) is 0. The van der Waals surface area contributed by atoms with Gasteiger partial charge in [-0.1, -0.05) is 0 Å². The number of ether oxygens (including phenoxy) is 1. The normalized spacial score (nSPS) is 15.7. The summed E-state index contributed by atoms with van der Waals surface area (Å²) in [5.41, 5.74) is 7.68. The number of H-pyrrole nitrogens is 1. The van der Waals surface area contributed by atoms with Crippen LogP contribution in [0, 0.1) is 0 Å². The molecule has 1 heterocycles. The quantitative estimate of drug-likeness (QED) is 0.879. The molecule has 3 N–H and O–H groups in total. The van der Waals surface area contributed by atoms with Gasteiger partial charge in [0.05, 0.1) is 18.0 Å². The lowest BCUT2D eigenvalue weighted by atomic mass is 10.1. The molecule has 0 spiro atoms. The Morgan fingerprint density at radius 1 is 1.20 bits per heavy atom. The fourth-order valence-corrected chi connectivity index (χ4v) is 2.68. The van der Waals surface area contributed by atoms with Gasteiger partial charge in [0.1, 0.15) is 11.6 Å². The number of benzene rings is 1. The fraction of sp³-hybridized carbons (Fsp3) is 0.438. The maximum Gasteiger partial charge on any atom is 0.119 e. The molecule has 3 rings (SSSR count). The van der Waals surface area contributed by atoms with E-state index in [1.807, 2.05) is 18.3 Å². The Morgan fingerprint density at radius 2 is 1.95 bits per heavy atom. The van der Waals surface area contributed by atoms with Gasteiger partial charge in [-0.25, -0.2) is 4.98 Å². The number of nitrogens with one attached hydrogen (secondary N) is 1. The van der Waals surface area contributed by atoms with Crippen LogP contribution >= 0.6 is 0 Å². The second-order valence-corrected chi connectivity index (χ2v) is 5.33. The van der Waals surface area contributed by atoms with E-state index >= 15 is 0 Å². The van der Waals surface area contributed by atoms with Gasteiger partial charge < -0.3 is 15.5 Å². The van der Waals surface area contributed by atoms with Crippen molar-refractivity contribution in [1.29, 1.82) is 0 Å². The van der Waals surface area contributed by atoms with Gasteiger partial charge in [-0.05, 0) is 62.1 Å². The van der Waals surface area contributed by atoms with Crippen molar-refractivity contribution in [2.45, 2.75) is 38.2 Å². The summed E-state index contributed by atoms with van der Waals surface area (Å²) >= 11 is 0. The first-order valence-corrected chi connectivity index (χ1v) is 7.36. The van der Waals surface area contributed by atoms with Crippen LogP contribution in [0.3, 0.4) is 0 Å². The van der Waals surface area contributed by atoms with Crippen LogP contribution in [-0.4, -0.2) is 22.6 Å². The van der Waals surface area contributed by atoms with Gasteiger partial charge in [0.2, 0.25) is 0 Å². The number of hydrogen-bond donors (Lipinski definition) is 2. The minimum Gasteiger partial charge on any atom is -0.490 e. The lowest BCUT2D eigenvalue weighted by Gasteiger charge is -2.13. The molecular formula is C16H21N3O. The molecule has 1 aromatic carbocycles. The number of aromatic amines is 1. The van der Waals surface area contributed by atoms with Crippen molar-refractivity contribution in [1.82, 2.24) is 9.97 Å². The van der Waals surface area contributed by atoms with E-state index < -0.39 is 0 Å². The molecular weight excluding hydrogens is 250 g/mol. The lowest BCUT2D eigenvalue weighted by molar-refractivity contribution is 0.210. The van der Waals surface area contributed by atoms with Gasteiger partial charge in [-0.15, -0.1) is 0 Å². The molecule has 1 fully saturated rings. The van der Waals surface area contributed by atoms with Gasteiger partial charge in [0, 0.05) is 6.42 Å². The van der Waals surface area contributed by atoms with Crippen LogP contribution in [0.2, 0.25) is 0 Å². The Balaban J connectivity index is 1.68. The number of imidazole rings is 1. The number of aromatic nitrogens is 2. The van der Waals surface area contributed by atoms with Gasteiger partial charge in [0.15, 0.2) is 0 Å². The fourth-order valence-electron chi connectivity index (χ4n) is 2.68.